The summed E-state index contributed by atoms with van der Waals surface area (Å²) >= 11 is 11.9. The molecule has 6 heteroatoms. The first-order chi connectivity index (χ1) is 9.87. The van der Waals surface area contributed by atoms with Gasteiger partial charge in [-0.15, -0.1) is 11.6 Å². The van der Waals surface area contributed by atoms with Gasteiger partial charge in [-0.1, -0.05) is 29.8 Å². The lowest BCUT2D eigenvalue weighted by molar-refractivity contribution is 0.593. The molecule has 0 aliphatic carbocycles. The van der Waals surface area contributed by atoms with Gasteiger partial charge >= 0.3 is 0 Å². The number of benzene rings is 2. The number of halogens is 2. The van der Waals surface area contributed by atoms with E-state index in [1.54, 1.807) is 37.3 Å². The Morgan fingerprint density at radius 2 is 1.76 bits per heavy atom. The zero-order valence-corrected chi connectivity index (χ0v) is 14.0. The van der Waals surface area contributed by atoms with Crippen LogP contribution in [0.3, 0.4) is 0 Å². The van der Waals surface area contributed by atoms with E-state index in [0.717, 1.165) is 0 Å². The first-order valence-electron chi connectivity index (χ1n) is 6.27. The van der Waals surface area contributed by atoms with Gasteiger partial charge in [-0.3, -0.25) is 4.31 Å². The summed E-state index contributed by atoms with van der Waals surface area (Å²) in [6.45, 7) is 1.74. The monoisotopic (exact) mass is 343 g/mol. The smallest absolute Gasteiger partial charge is 0.264 e. The highest BCUT2D eigenvalue weighted by Crippen LogP contribution is 2.29. The summed E-state index contributed by atoms with van der Waals surface area (Å²) in [4.78, 5) is 0.178. The van der Waals surface area contributed by atoms with E-state index in [1.807, 2.05) is 6.07 Å². The first kappa shape index (κ1) is 16.1. The van der Waals surface area contributed by atoms with Crippen LogP contribution in [0.15, 0.2) is 47.4 Å². The van der Waals surface area contributed by atoms with E-state index in [2.05, 4.69) is 0 Å². The van der Waals surface area contributed by atoms with E-state index >= 15 is 0 Å². The molecule has 0 fully saturated rings. The van der Waals surface area contributed by atoms with Crippen molar-refractivity contribution < 1.29 is 8.42 Å². The van der Waals surface area contributed by atoms with Crippen molar-refractivity contribution in [2.24, 2.45) is 0 Å². The second-order valence-electron chi connectivity index (χ2n) is 4.63. The molecule has 0 unspecified atom stereocenters. The van der Waals surface area contributed by atoms with Crippen molar-refractivity contribution in [1.82, 2.24) is 0 Å². The number of nitrogens with zero attached hydrogens (tertiary/aromatic N) is 1. The third kappa shape index (κ3) is 3.18. The lowest BCUT2D eigenvalue weighted by Gasteiger charge is -2.21. The summed E-state index contributed by atoms with van der Waals surface area (Å²) in [6.07, 6.45) is 0. The Balaban J connectivity index is 2.57. The standard InChI is InChI=1S/C15H15Cl2NO2S/c1-11-12(10-16)8-13(17)9-15(11)21(19,20)18(2)14-6-4-3-5-7-14/h3-9H,10H2,1-2H3. The third-order valence-electron chi connectivity index (χ3n) is 3.33. The normalized spacial score (nSPS) is 11.4. The van der Waals surface area contributed by atoms with Crippen LogP contribution in [0.4, 0.5) is 5.69 Å². The fourth-order valence-electron chi connectivity index (χ4n) is 2.04. The first-order valence-corrected chi connectivity index (χ1v) is 8.62. The molecule has 2 aromatic carbocycles. The third-order valence-corrected chi connectivity index (χ3v) is 5.75. The van der Waals surface area contributed by atoms with Crippen LogP contribution in [0, 0.1) is 6.92 Å². The zero-order valence-electron chi connectivity index (χ0n) is 11.7. The van der Waals surface area contributed by atoms with Gasteiger partial charge < -0.3 is 0 Å². The highest BCUT2D eigenvalue weighted by atomic mass is 35.5. The molecule has 0 aromatic heterocycles. The zero-order chi connectivity index (χ0) is 15.6. The molecule has 0 N–H and O–H groups in total. The van der Waals surface area contributed by atoms with Crippen molar-refractivity contribution in [1.29, 1.82) is 0 Å². The second-order valence-corrected chi connectivity index (χ2v) is 7.27. The summed E-state index contributed by atoms with van der Waals surface area (Å²) in [6, 6.07) is 12.0. The Bertz CT molecular complexity index is 746. The van der Waals surface area contributed by atoms with Crippen LogP contribution in [0.2, 0.25) is 5.02 Å². The highest BCUT2D eigenvalue weighted by molar-refractivity contribution is 7.92. The van der Waals surface area contributed by atoms with Gasteiger partial charge in [0.2, 0.25) is 0 Å². The molecule has 2 aromatic rings. The SMILES string of the molecule is Cc1c(CCl)cc(Cl)cc1S(=O)(=O)N(C)c1ccccc1. The van der Waals surface area contributed by atoms with Crippen LogP contribution in [0.1, 0.15) is 11.1 Å². The minimum Gasteiger partial charge on any atom is -0.269 e. The molecule has 3 nitrogen and oxygen atoms in total. The Morgan fingerprint density at radius 1 is 1.14 bits per heavy atom. The van der Waals surface area contributed by atoms with Crippen molar-refractivity contribution in [2.75, 3.05) is 11.4 Å². The van der Waals surface area contributed by atoms with Crippen LogP contribution in [-0.2, 0) is 15.9 Å². The van der Waals surface area contributed by atoms with Crippen molar-refractivity contribution in [2.45, 2.75) is 17.7 Å². The average Bonchev–Trinajstić information content (AvgIpc) is 2.49. The van der Waals surface area contributed by atoms with Crippen LogP contribution >= 0.6 is 23.2 Å². The van der Waals surface area contributed by atoms with E-state index in [0.29, 0.717) is 21.8 Å². The number of alkyl halides is 1. The maximum absolute atomic E-state index is 12.8. The number of anilines is 1. The Labute approximate surface area is 135 Å². The quantitative estimate of drug-likeness (QED) is 0.779. The van der Waals surface area contributed by atoms with Crippen molar-refractivity contribution in [3.63, 3.8) is 0 Å². The van der Waals surface area contributed by atoms with Gasteiger partial charge in [0.25, 0.3) is 10.0 Å². The fraction of sp³-hybridized carbons (Fsp3) is 0.200. The molecule has 0 amide bonds. The maximum Gasteiger partial charge on any atom is 0.264 e. The van der Waals surface area contributed by atoms with Crippen LogP contribution in [-0.4, -0.2) is 15.5 Å². The Hall–Kier alpha value is -1.23. The molecule has 0 bridgehead atoms. The van der Waals surface area contributed by atoms with E-state index in [9.17, 15) is 8.42 Å². The summed E-state index contributed by atoms with van der Waals surface area (Å²) < 4.78 is 26.8. The molecule has 0 spiro atoms. The van der Waals surface area contributed by atoms with Crippen molar-refractivity contribution in [3.8, 4) is 0 Å². The number of rotatable bonds is 4. The predicted molar refractivity (Wildman–Crippen MR) is 87.8 cm³/mol. The van der Waals surface area contributed by atoms with Gasteiger partial charge in [0.1, 0.15) is 0 Å². The highest BCUT2D eigenvalue weighted by Gasteiger charge is 2.24. The molecule has 0 radical (unpaired) electrons. The van der Waals surface area contributed by atoms with Gasteiger partial charge in [0.05, 0.1) is 10.6 Å². The number of para-hydroxylation sites is 1. The summed E-state index contributed by atoms with van der Waals surface area (Å²) in [5.41, 5.74) is 1.92. The maximum atomic E-state index is 12.8. The molecule has 0 aliphatic rings. The van der Waals surface area contributed by atoms with E-state index in [1.165, 1.54) is 17.4 Å². The number of hydrogen-bond acceptors (Lipinski definition) is 2. The van der Waals surface area contributed by atoms with Crippen molar-refractivity contribution >= 4 is 38.9 Å². The molecule has 0 aliphatic heterocycles. The van der Waals surface area contributed by atoms with Crippen LogP contribution < -0.4 is 4.31 Å². The lowest BCUT2D eigenvalue weighted by Crippen LogP contribution is -2.27. The lowest BCUT2D eigenvalue weighted by atomic mass is 10.1. The second kappa shape index (κ2) is 6.26. The van der Waals surface area contributed by atoms with Crippen LogP contribution in [0.5, 0.6) is 0 Å². The molecule has 21 heavy (non-hydrogen) atoms. The molecular weight excluding hydrogens is 329 g/mol. The van der Waals surface area contributed by atoms with Gasteiger partial charge in [0.15, 0.2) is 0 Å². The number of sulfonamides is 1. The van der Waals surface area contributed by atoms with Gasteiger partial charge in [0, 0.05) is 18.0 Å². The van der Waals surface area contributed by atoms with E-state index in [-0.39, 0.29) is 10.8 Å². The predicted octanol–water partition coefficient (Wildman–Crippen LogP) is 4.21. The van der Waals surface area contributed by atoms with Crippen LogP contribution in [0.25, 0.3) is 0 Å². The largest absolute Gasteiger partial charge is 0.269 e. The summed E-state index contributed by atoms with van der Waals surface area (Å²) in [5, 5.41) is 0.358. The van der Waals surface area contributed by atoms with E-state index in [4.69, 9.17) is 23.2 Å². The van der Waals surface area contributed by atoms with Gasteiger partial charge in [-0.2, -0.15) is 0 Å². The van der Waals surface area contributed by atoms with Crippen molar-refractivity contribution in [3.05, 3.63) is 58.6 Å². The Morgan fingerprint density at radius 3 is 2.33 bits per heavy atom. The molecule has 112 valence electrons. The molecule has 0 saturated heterocycles. The average molecular weight is 344 g/mol. The summed E-state index contributed by atoms with van der Waals surface area (Å²) in [7, 11) is -2.17. The van der Waals surface area contributed by atoms with E-state index < -0.39 is 10.0 Å². The topological polar surface area (TPSA) is 37.4 Å². The fourth-order valence-corrected chi connectivity index (χ4v) is 4.11. The molecule has 0 saturated carbocycles. The van der Waals surface area contributed by atoms with Gasteiger partial charge in [-0.05, 0) is 42.3 Å². The molecule has 0 heterocycles. The molecule has 2 rings (SSSR count). The summed E-state index contributed by atoms with van der Waals surface area (Å²) in [5.74, 6) is 0.212. The number of hydrogen-bond donors (Lipinski definition) is 0. The molecular formula is C15H15Cl2NO2S. The minimum absolute atomic E-state index is 0.178. The van der Waals surface area contributed by atoms with Gasteiger partial charge in [-0.25, -0.2) is 8.42 Å². The Kier molecular flexibility index (Phi) is 4.81. The molecule has 0 atom stereocenters. The minimum atomic E-state index is -3.69.